The fraction of sp³-hybridized carbons (Fsp3) is 0.684. The van der Waals surface area contributed by atoms with E-state index in [2.05, 4.69) is 15.6 Å². The number of carbonyl (C=O) groups excluding carboxylic acids is 1. The van der Waals surface area contributed by atoms with Crippen molar-refractivity contribution in [1.29, 1.82) is 0 Å². The van der Waals surface area contributed by atoms with Gasteiger partial charge in [0.25, 0.3) is 0 Å². The molecule has 2 saturated heterocycles. The highest BCUT2D eigenvalue weighted by Crippen LogP contribution is 2.35. The molecule has 3 heterocycles. The van der Waals surface area contributed by atoms with Gasteiger partial charge < -0.3 is 34.7 Å². The lowest BCUT2D eigenvalue weighted by molar-refractivity contribution is -0.124. The summed E-state index contributed by atoms with van der Waals surface area (Å²) < 4.78 is 22.0. The third-order valence-electron chi connectivity index (χ3n) is 5.02. The second-order valence-corrected chi connectivity index (χ2v) is 7.01. The van der Waals surface area contributed by atoms with Crippen LogP contribution in [0.15, 0.2) is 18.3 Å². The van der Waals surface area contributed by atoms with Crippen molar-refractivity contribution in [1.82, 2.24) is 15.6 Å². The smallest absolute Gasteiger partial charge is 0.222 e. The predicted octanol–water partition coefficient (Wildman–Crippen LogP) is -0.382. The number of methoxy groups -OCH3 is 2. The Kier molecular flexibility index (Phi) is 7.57. The van der Waals surface area contributed by atoms with Crippen LogP contribution in [-0.4, -0.2) is 80.4 Å². The summed E-state index contributed by atoms with van der Waals surface area (Å²) in [7, 11) is 3.17. The van der Waals surface area contributed by atoms with Crippen molar-refractivity contribution in [2.75, 3.05) is 33.9 Å². The number of aliphatic hydroxyl groups excluding tert-OH is 1. The minimum absolute atomic E-state index is 0.0832. The average molecular weight is 395 g/mol. The van der Waals surface area contributed by atoms with Gasteiger partial charge in [0.1, 0.15) is 12.2 Å². The average Bonchev–Trinajstić information content (AvgIpc) is 3.21. The number of pyridine rings is 1. The van der Waals surface area contributed by atoms with Crippen LogP contribution in [0.4, 0.5) is 0 Å². The Morgan fingerprint density at radius 2 is 2.25 bits per heavy atom. The molecule has 2 aliphatic heterocycles. The molecule has 2 aliphatic rings. The van der Waals surface area contributed by atoms with Gasteiger partial charge in [-0.1, -0.05) is 6.07 Å². The van der Waals surface area contributed by atoms with Gasteiger partial charge in [0.2, 0.25) is 11.8 Å². The van der Waals surface area contributed by atoms with Crippen LogP contribution in [0.2, 0.25) is 0 Å². The number of nitrogens with one attached hydrogen (secondary N) is 2. The van der Waals surface area contributed by atoms with Gasteiger partial charge in [0.05, 0.1) is 38.4 Å². The molecule has 0 aliphatic carbocycles. The summed E-state index contributed by atoms with van der Waals surface area (Å²) in [6.45, 7) is 2.00. The first-order valence-electron chi connectivity index (χ1n) is 9.55. The zero-order valence-corrected chi connectivity index (χ0v) is 16.3. The van der Waals surface area contributed by atoms with Gasteiger partial charge in [-0.25, -0.2) is 4.98 Å². The van der Waals surface area contributed by atoms with Gasteiger partial charge in [0, 0.05) is 44.9 Å². The van der Waals surface area contributed by atoms with Crippen LogP contribution in [0.25, 0.3) is 0 Å². The highest BCUT2D eigenvalue weighted by atomic mass is 16.6. The molecule has 1 aromatic heterocycles. The Morgan fingerprint density at radius 1 is 1.39 bits per heavy atom. The SMILES string of the molecule is COCCNC(=O)C[C@@H]1C[C@H]2O[C@H](CNCc3cccnc3OC)[C@@H](O)[C@H]2O1. The Balaban J connectivity index is 1.40. The molecule has 1 aromatic rings. The molecule has 9 heteroatoms. The highest BCUT2D eigenvalue weighted by Gasteiger charge is 2.50. The summed E-state index contributed by atoms with van der Waals surface area (Å²) >= 11 is 0. The van der Waals surface area contributed by atoms with Gasteiger partial charge in [-0.05, 0) is 6.07 Å². The lowest BCUT2D eigenvalue weighted by Gasteiger charge is -2.20. The number of nitrogens with zero attached hydrogens (tertiary/aromatic N) is 1. The maximum atomic E-state index is 11.9. The third-order valence-corrected chi connectivity index (χ3v) is 5.02. The number of aliphatic hydroxyl groups is 1. The summed E-state index contributed by atoms with van der Waals surface area (Å²) in [5, 5.41) is 16.6. The first kappa shape index (κ1) is 20.9. The lowest BCUT2D eigenvalue weighted by Crippen LogP contribution is -2.39. The van der Waals surface area contributed by atoms with Crippen molar-refractivity contribution < 1.29 is 28.8 Å². The van der Waals surface area contributed by atoms with Gasteiger partial charge in [-0.15, -0.1) is 0 Å². The predicted molar refractivity (Wildman–Crippen MR) is 99.9 cm³/mol. The molecule has 2 fully saturated rings. The van der Waals surface area contributed by atoms with Crippen molar-refractivity contribution in [2.45, 2.75) is 49.9 Å². The van der Waals surface area contributed by atoms with Crippen molar-refractivity contribution in [3.05, 3.63) is 23.9 Å². The van der Waals surface area contributed by atoms with E-state index in [1.54, 1.807) is 20.4 Å². The third kappa shape index (κ3) is 5.18. The molecule has 0 aromatic carbocycles. The molecular weight excluding hydrogens is 366 g/mol. The molecule has 5 atom stereocenters. The number of rotatable bonds is 10. The van der Waals surface area contributed by atoms with Crippen LogP contribution in [0.5, 0.6) is 5.88 Å². The number of fused-ring (bicyclic) bond motifs is 1. The second kappa shape index (κ2) is 10.1. The van der Waals surface area contributed by atoms with Gasteiger partial charge in [0.15, 0.2) is 0 Å². The quantitative estimate of drug-likeness (QED) is 0.460. The Bertz CT molecular complexity index is 646. The van der Waals surface area contributed by atoms with E-state index in [1.165, 1.54) is 0 Å². The first-order valence-corrected chi connectivity index (χ1v) is 9.55. The molecule has 28 heavy (non-hydrogen) atoms. The van der Waals surface area contributed by atoms with Crippen LogP contribution in [0.1, 0.15) is 18.4 Å². The number of ether oxygens (including phenoxy) is 4. The maximum absolute atomic E-state index is 11.9. The molecule has 9 nitrogen and oxygen atoms in total. The van der Waals surface area contributed by atoms with Crippen LogP contribution in [0, 0.1) is 0 Å². The maximum Gasteiger partial charge on any atom is 0.222 e. The molecule has 0 radical (unpaired) electrons. The van der Waals surface area contributed by atoms with Gasteiger partial charge in [-0.2, -0.15) is 0 Å². The number of aromatic nitrogens is 1. The summed E-state index contributed by atoms with van der Waals surface area (Å²) in [4.78, 5) is 16.1. The van der Waals surface area contributed by atoms with E-state index in [0.717, 1.165) is 5.56 Å². The van der Waals surface area contributed by atoms with E-state index in [4.69, 9.17) is 18.9 Å². The van der Waals surface area contributed by atoms with Gasteiger partial charge in [-0.3, -0.25) is 4.79 Å². The van der Waals surface area contributed by atoms with E-state index in [9.17, 15) is 9.90 Å². The minimum Gasteiger partial charge on any atom is -0.481 e. The summed E-state index contributed by atoms with van der Waals surface area (Å²) in [6, 6.07) is 3.79. The first-order chi connectivity index (χ1) is 13.6. The molecule has 0 saturated carbocycles. The summed E-state index contributed by atoms with van der Waals surface area (Å²) in [5.74, 6) is 0.495. The lowest BCUT2D eigenvalue weighted by atomic mass is 10.1. The molecule has 156 valence electrons. The Hall–Kier alpha value is -1.78. The Labute approximate surface area is 164 Å². The van der Waals surface area contributed by atoms with Crippen LogP contribution in [0.3, 0.4) is 0 Å². The molecule has 0 unspecified atom stereocenters. The standard InChI is InChI=1S/C19H29N3O6/c1-25-7-6-21-16(23)9-13-8-14-18(27-13)17(24)15(28-14)11-20-10-12-4-3-5-22-19(12)26-2/h3-5,13-15,17-18,20,24H,6-11H2,1-2H3,(H,21,23)/t13-,14+,15+,17+,18-/m0/s1. The van der Waals surface area contributed by atoms with Crippen LogP contribution in [-0.2, 0) is 25.5 Å². The number of hydrogen-bond acceptors (Lipinski definition) is 8. The molecule has 0 spiro atoms. The van der Waals surface area contributed by atoms with Crippen LogP contribution >= 0.6 is 0 Å². The second-order valence-electron chi connectivity index (χ2n) is 7.01. The fourth-order valence-electron chi connectivity index (χ4n) is 3.67. The minimum atomic E-state index is -0.727. The van der Waals surface area contributed by atoms with E-state index < -0.39 is 12.2 Å². The Morgan fingerprint density at radius 3 is 3.00 bits per heavy atom. The zero-order chi connectivity index (χ0) is 19.9. The number of amides is 1. The molecular formula is C19H29N3O6. The van der Waals surface area contributed by atoms with Crippen molar-refractivity contribution in [2.24, 2.45) is 0 Å². The summed E-state index contributed by atoms with van der Waals surface area (Å²) in [6.07, 6.45) is 0.648. The summed E-state index contributed by atoms with van der Waals surface area (Å²) in [5.41, 5.74) is 0.938. The monoisotopic (exact) mass is 395 g/mol. The normalized spacial score (nSPS) is 28.9. The molecule has 0 bridgehead atoms. The number of carbonyl (C=O) groups is 1. The van der Waals surface area contributed by atoms with Gasteiger partial charge >= 0.3 is 0 Å². The van der Waals surface area contributed by atoms with E-state index >= 15 is 0 Å². The van der Waals surface area contributed by atoms with E-state index in [1.807, 2.05) is 12.1 Å². The van der Waals surface area contributed by atoms with Crippen molar-refractivity contribution >= 4 is 5.91 Å². The highest BCUT2D eigenvalue weighted by molar-refractivity contribution is 5.76. The fourth-order valence-corrected chi connectivity index (χ4v) is 3.67. The van der Waals surface area contributed by atoms with Crippen molar-refractivity contribution in [3.63, 3.8) is 0 Å². The zero-order valence-electron chi connectivity index (χ0n) is 16.3. The largest absolute Gasteiger partial charge is 0.481 e. The van der Waals surface area contributed by atoms with Crippen molar-refractivity contribution in [3.8, 4) is 5.88 Å². The van der Waals surface area contributed by atoms with E-state index in [-0.39, 0.29) is 30.6 Å². The van der Waals surface area contributed by atoms with Crippen LogP contribution < -0.4 is 15.4 Å². The molecule has 3 N–H and O–H groups in total. The molecule has 1 amide bonds. The topological polar surface area (TPSA) is 111 Å². The van der Waals surface area contributed by atoms with E-state index in [0.29, 0.717) is 38.5 Å². The molecule has 3 rings (SSSR count). The number of hydrogen-bond donors (Lipinski definition) is 3.